The number of likely N-dealkylation sites (tertiary alicyclic amines) is 1. The monoisotopic (exact) mass is 416 g/mol. The lowest BCUT2D eigenvalue weighted by Crippen LogP contribution is -3.00. The highest BCUT2D eigenvalue weighted by Gasteiger charge is 2.75. The van der Waals surface area contributed by atoms with Gasteiger partial charge in [0.15, 0.2) is 0 Å². The van der Waals surface area contributed by atoms with Crippen LogP contribution in [0.25, 0.3) is 0 Å². The average molecular weight is 416 g/mol. The number of rotatable bonds is 2. The van der Waals surface area contributed by atoms with Crippen molar-refractivity contribution in [2.45, 2.75) is 69.2 Å². The summed E-state index contributed by atoms with van der Waals surface area (Å²) in [6, 6.07) is 3.21. The lowest BCUT2D eigenvalue weighted by Gasteiger charge is -2.30. The largest absolute Gasteiger partial charge is 0.387 e. The molecule has 0 radical (unpaired) electrons. The first-order valence-corrected chi connectivity index (χ1v) is 10.9. The van der Waals surface area contributed by atoms with Gasteiger partial charge < -0.3 is 15.7 Å². The van der Waals surface area contributed by atoms with Gasteiger partial charge >= 0.3 is 0 Å². The molecule has 0 unspecified atom stereocenters. The van der Waals surface area contributed by atoms with Crippen molar-refractivity contribution in [3.63, 3.8) is 0 Å². The zero-order valence-electron chi connectivity index (χ0n) is 16.9. The van der Waals surface area contributed by atoms with Crippen LogP contribution in [0.15, 0.2) is 18.2 Å². The summed E-state index contributed by atoms with van der Waals surface area (Å²) in [5, 5.41) is 14.9. The van der Waals surface area contributed by atoms with Crippen LogP contribution in [0.2, 0.25) is 0 Å². The maximum absolute atomic E-state index is 14.1. The lowest BCUT2D eigenvalue weighted by atomic mass is 9.76. The van der Waals surface area contributed by atoms with Crippen LogP contribution in [0.1, 0.15) is 51.0 Å². The topological polar surface area (TPSA) is 103 Å². The van der Waals surface area contributed by atoms with Crippen molar-refractivity contribution in [3.05, 3.63) is 29.6 Å². The number of hydrogen-bond donors (Lipinski definition) is 3. The molecule has 5 atom stereocenters. The average Bonchev–Trinajstić information content (AvgIpc) is 3.18. The van der Waals surface area contributed by atoms with Crippen LogP contribution in [0.5, 0.6) is 0 Å². The van der Waals surface area contributed by atoms with Crippen molar-refractivity contribution in [1.29, 1.82) is 0 Å². The van der Waals surface area contributed by atoms with E-state index in [4.69, 9.17) is 0 Å². The number of aliphatic hydroxyl groups excluding tert-OH is 1. The number of amides is 3. The quantitative estimate of drug-likeness (QED) is 0.486. The highest BCUT2D eigenvalue weighted by Crippen LogP contribution is 2.50. The molecule has 3 amide bonds. The van der Waals surface area contributed by atoms with E-state index in [2.05, 4.69) is 5.32 Å². The van der Waals surface area contributed by atoms with Crippen LogP contribution in [0.4, 0.5) is 10.1 Å². The molecule has 1 spiro atoms. The van der Waals surface area contributed by atoms with Crippen LogP contribution in [-0.2, 0) is 19.9 Å². The molecule has 1 saturated carbocycles. The zero-order valence-corrected chi connectivity index (χ0v) is 16.9. The number of aliphatic hydroxyl groups is 1. The predicted molar refractivity (Wildman–Crippen MR) is 104 cm³/mol. The van der Waals surface area contributed by atoms with Gasteiger partial charge in [-0.3, -0.25) is 19.3 Å². The molecular weight excluding hydrogens is 389 g/mol. The molecule has 0 aromatic heterocycles. The van der Waals surface area contributed by atoms with Gasteiger partial charge in [0.2, 0.25) is 17.4 Å². The van der Waals surface area contributed by atoms with Crippen molar-refractivity contribution in [1.82, 2.24) is 4.90 Å². The second kappa shape index (κ2) is 6.85. The second-order valence-electron chi connectivity index (χ2n) is 9.19. The Morgan fingerprint density at radius 1 is 1.17 bits per heavy atom. The number of halogens is 1. The van der Waals surface area contributed by atoms with Gasteiger partial charge in [0.05, 0.1) is 5.69 Å². The summed E-state index contributed by atoms with van der Waals surface area (Å²) in [6.45, 7) is 1.57. The molecule has 8 heteroatoms. The molecule has 160 valence electrons. The number of benzene rings is 1. The molecular formula is C22H27FN3O4+. The third-order valence-corrected chi connectivity index (χ3v) is 7.54. The van der Waals surface area contributed by atoms with Gasteiger partial charge in [-0.2, -0.15) is 0 Å². The number of carbonyl (C=O) groups is 3. The molecule has 30 heavy (non-hydrogen) atoms. The number of fused-ring (bicyclic) bond motifs is 4. The molecule has 2 saturated heterocycles. The first-order chi connectivity index (χ1) is 14.4. The minimum Gasteiger partial charge on any atom is -0.387 e. The Bertz CT molecular complexity index is 927. The molecule has 0 bridgehead atoms. The fraction of sp³-hybridized carbons (Fsp3) is 0.591. The summed E-state index contributed by atoms with van der Waals surface area (Å²) in [5.41, 5.74) is -0.596. The summed E-state index contributed by atoms with van der Waals surface area (Å²) >= 11 is 0. The Hall–Kier alpha value is -2.32. The van der Waals surface area contributed by atoms with Crippen molar-refractivity contribution in [2.75, 3.05) is 5.32 Å². The Kier molecular flexibility index (Phi) is 4.48. The molecule has 7 nitrogen and oxygen atoms in total. The van der Waals surface area contributed by atoms with E-state index in [0.29, 0.717) is 11.3 Å². The summed E-state index contributed by atoms with van der Waals surface area (Å²) in [5.74, 6) is -3.34. The molecule has 3 aliphatic heterocycles. The Morgan fingerprint density at radius 2 is 1.87 bits per heavy atom. The highest BCUT2D eigenvalue weighted by atomic mass is 19.1. The summed E-state index contributed by atoms with van der Waals surface area (Å²) in [6.07, 6.45) is 4.72. The first-order valence-electron chi connectivity index (χ1n) is 10.9. The highest BCUT2D eigenvalue weighted by molar-refractivity contribution is 6.14. The fourth-order valence-corrected chi connectivity index (χ4v) is 6.20. The number of quaternary nitrogens is 1. The number of nitrogens with zero attached hydrogens (tertiary/aromatic N) is 1. The molecule has 4 aliphatic rings. The van der Waals surface area contributed by atoms with Crippen molar-refractivity contribution in [3.8, 4) is 0 Å². The van der Waals surface area contributed by atoms with E-state index in [9.17, 15) is 23.9 Å². The third kappa shape index (κ3) is 2.53. The zero-order chi connectivity index (χ0) is 21.2. The van der Waals surface area contributed by atoms with E-state index in [1.807, 2.05) is 0 Å². The van der Waals surface area contributed by atoms with Crippen LogP contribution in [0.3, 0.4) is 0 Å². The van der Waals surface area contributed by atoms with Crippen molar-refractivity contribution >= 4 is 23.4 Å². The summed E-state index contributed by atoms with van der Waals surface area (Å²) in [7, 11) is 0. The van der Waals surface area contributed by atoms with E-state index in [1.54, 1.807) is 12.2 Å². The van der Waals surface area contributed by atoms with Crippen LogP contribution in [-0.4, -0.2) is 45.9 Å². The van der Waals surface area contributed by atoms with Crippen LogP contribution >= 0.6 is 0 Å². The summed E-state index contributed by atoms with van der Waals surface area (Å²) < 4.78 is 14.1. The van der Waals surface area contributed by atoms with Crippen molar-refractivity contribution < 1.29 is 29.2 Å². The fourth-order valence-electron chi connectivity index (χ4n) is 6.20. The van der Waals surface area contributed by atoms with Gasteiger partial charge in [-0.15, -0.1) is 0 Å². The predicted octanol–water partition coefficient (Wildman–Crippen LogP) is 0.623. The Morgan fingerprint density at radius 3 is 2.53 bits per heavy atom. The minimum absolute atomic E-state index is 0.166. The molecule has 5 rings (SSSR count). The van der Waals surface area contributed by atoms with Gasteiger partial charge in [-0.1, -0.05) is 25.7 Å². The first kappa shape index (κ1) is 19.6. The van der Waals surface area contributed by atoms with E-state index in [-0.39, 0.29) is 17.9 Å². The number of carbonyl (C=O) groups excluding carboxylic acids is 3. The van der Waals surface area contributed by atoms with E-state index >= 15 is 0 Å². The minimum atomic E-state index is -1.43. The van der Waals surface area contributed by atoms with Crippen LogP contribution < -0.4 is 10.6 Å². The Balaban J connectivity index is 1.63. The van der Waals surface area contributed by atoms with Gasteiger partial charge in [-0.05, 0) is 38.0 Å². The van der Waals surface area contributed by atoms with Gasteiger partial charge in [0.1, 0.15) is 29.8 Å². The number of nitrogens with one attached hydrogen (secondary N) is 1. The van der Waals surface area contributed by atoms with Gasteiger partial charge in [-0.25, -0.2) is 4.39 Å². The molecule has 1 aromatic carbocycles. The molecule has 3 heterocycles. The molecule has 1 aromatic rings. The smallest absolute Gasteiger partial charge is 0.291 e. The second-order valence-corrected chi connectivity index (χ2v) is 9.19. The number of imide groups is 1. The lowest BCUT2D eigenvalue weighted by molar-refractivity contribution is -0.738. The maximum atomic E-state index is 14.1. The van der Waals surface area contributed by atoms with E-state index in [1.165, 1.54) is 23.1 Å². The van der Waals surface area contributed by atoms with E-state index in [0.717, 1.165) is 38.5 Å². The summed E-state index contributed by atoms with van der Waals surface area (Å²) in [4.78, 5) is 41.8. The van der Waals surface area contributed by atoms with Gasteiger partial charge in [0.25, 0.3) is 5.91 Å². The number of anilines is 1. The maximum Gasteiger partial charge on any atom is 0.291 e. The van der Waals surface area contributed by atoms with Gasteiger partial charge in [0, 0.05) is 11.6 Å². The standard InChI is InChI=1S/C22H26FN3O4/c1-11(27)18-16-17(20(29)26(19(16)28)13-6-4-2-3-5-7-13)22(25-18)14-10-12(23)8-9-15(14)24-21(22)30/h8-11,13,16-18,25,27H,2-7H2,1H3,(H,24,30)/p+1/t11-,16-,17-,18-,22-/m0/s1. The van der Waals surface area contributed by atoms with E-state index < -0.39 is 41.2 Å². The van der Waals surface area contributed by atoms with Crippen LogP contribution in [0, 0.1) is 17.7 Å². The molecule has 1 aliphatic carbocycles. The SMILES string of the molecule is C[C@H](O)[C@@H]1[NH2+][C@]2(C(=O)Nc3ccc(F)cc32)[C@@H]2C(=O)N(C3CCCCCC3)C(=O)[C@H]12. The molecule has 4 N–H and O–H groups in total. The normalized spacial score (nSPS) is 34.8. The Labute approximate surface area is 174 Å². The number of nitrogens with two attached hydrogens (primary N) is 1. The molecule has 3 fully saturated rings. The van der Waals surface area contributed by atoms with Crippen molar-refractivity contribution in [2.24, 2.45) is 11.8 Å². The third-order valence-electron chi connectivity index (χ3n) is 7.54. The number of hydrogen-bond acceptors (Lipinski definition) is 4.